The number of aromatic nitrogens is 4. The summed E-state index contributed by atoms with van der Waals surface area (Å²) in [6.07, 6.45) is 1.59. The number of fused-ring (bicyclic) bond motifs is 1. The van der Waals surface area contributed by atoms with Crippen molar-refractivity contribution < 1.29 is 22.4 Å². The highest BCUT2D eigenvalue weighted by Gasteiger charge is 2.27. The second kappa shape index (κ2) is 8.51. The van der Waals surface area contributed by atoms with Crippen LogP contribution < -0.4 is 4.84 Å². The van der Waals surface area contributed by atoms with Gasteiger partial charge in [0.1, 0.15) is 11.0 Å². The van der Waals surface area contributed by atoms with Gasteiger partial charge in [-0.3, -0.25) is 0 Å². The number of oxazole rings is 1. The van der Waals surface area contributed by atoms with E-state index in [1.807, 2.05) is 12.1 Å². The Morgan fingerprint density at radius 3 is 2.66 bits per heavy atom. The number of rotatable bonds is 6. The molecule has 1 aliphatic rings. The molecule has 1 saturated heterocycles. The summed E-state index contributed by atoms with van der Waals surface area (Å²) >= 11 is 5.91. The number of morpholine rings is 1. The zero-order valence-electron chi connectivity index (χ0n) is 16.7. The predicted octanol–water partition coefficient (Wildman–Crippen LogP) is 2.39. The minimum atomic E-state index is -3.66. The lowest BCUT2D eigenvalue weighted by Crippen LogP contribution is -2.40. The van der Waals surface area contributed by atoms with E-state index in [1.165, 1.54) is 21.3 Å². The van der Waals surface area contributed by atoms with Gasteiger partial charge in [-0.25, -0.2) is 13.4 Å². The molecule has 4 aromatic rings. The normalized spacial score (nSPS) is 15.3. The van der Waals surface area contributed by atoms with Gasteiger partial charge in [0.25, 0.3) is 0 Å². The van der Waals surface area contributed by atoms with Crippen LogP contribution in [-0.2, 0) is 21.4 Å². The fraction of sp³-hybridized carbons (Fsp3) is 0.250. The standard InChI is InChI=1S/C20H18ClN5O5S/c21-15-3-1-14(2-4-15)19-12-22-20(31-19)13-30-26-18-11-16(5-6-17(18)23-24-26)32(27,28)25-7-9-29-10-8-25/h1-6,11-12H,7-10,13H2. The number of hydrogen-bond donors (Lipinski definition) is 0. The third-order valence-corrected chi connectivity index (χ3v) is 7.13. The Hall–Kier alpha value is -2.99. The van der Waals surface area contributed by atoms with E-state index in [9.17, 15) is 8.42 Å². The molecule has 0 atom stereocenters. The fourth-order valence-corrected chi connectivity index (χ4v) is 4.87. The molecule has 1 fully saturated rings. The van der Waals surface area contributed by atoms with Crippen LogP contribution in [0.25, 0.3) is 22.4 Å². The van der Waals surface area contributed by atoms with E-state index in [4.69, 9.17) is 25.6 Å². The molecule has 1 aliphatic heterocycles. The summed E-state index contributed by atoms with van der Waals surface area (Å²) in [4.78, 5) is 11.2. The highest BCUT2D eigenvalue weighted by molar-refractivity contribution is 7.89. The molecule has 0 unspecified atom stereocenters. The van der Waals surface area contributed by atoms with Crippen molar-refractivity contribution in [2.45, 2.75) is 11.5 Å². The molecule has 12 heteroatoms. The molecule has 0 spiro atoms. The summed E-state index contributed by atoms with van der Waals surface area (Å²) in [5.41, 5.74) is 1.75. The summed E-state index contributed by atoms with van der Waals surface area (Å²) < 4.78 is 38.3. The molecule has 0 aliphatic carbocycles. The molecular formula is C20H18ClN5O5S. The Morgan fingerprint density at radius 1 is 1.09 bits per heavy atom. The second-order valence-corrected chi connectivity index (χ2v) is 9.40. The summed E-state index contributed by atoms with van der Waals surface area (Å²) in [7, 11) is -3.66. The van der Waals surface area contributed by atoms with E-state index in [2.05, 4.69) is 15.3 Å². The number of hydrogen-bond acceptors (Lipinski definition) is 8. The molecule has 166 valence electrons. The minimum absolute atomic E-state index is 0.0213. The first kappa shape index (κ1) is 20.9. The number of benzene rings is 2. The van der Waals surface area contributed by atoms with Crippen molar-refractivity contribution in [2.75, 3.05) is 26.3 Å². The van der Waals surface area contributed by atoms with E-state index in [1.54, 1.807) is 24.4 Å². The molecule has 3 heterocycles. The topological polar surface area (TPSA) is 113 Å². The van der Waals surface area contributed by atoms with Crippen LogP contribution in [0.4, 0.5) is 0 Å². The first-order chi connectivity index (χ1) is 15.5. The lowest BCUT2D eigenvalue weighted by atomic mass is 10.2. The quantitative estimate of drug-likeness (QED) is 0.417. The summed E-state index contributed by atoms with van der Waals surface area (Å²) in [5.74, 6) is 0.901. The molecule has 0 N–H and O–H groups in total. The summed E-state index contributed by atoms with van der Waals surface area (Å²) in [6.45, 7) is 1.35. The number of nitrogens with zero attached hydrogens (tertiary/aromatic N) is 5. The highest BCUT2D eigenvalue weighted by atomic mass is 35.5. The molecule has 0 saturated carbocycles. The molecule has 0 amide bonds. The van der Waals surface area contributed by atoms with E-state index in [0.717, 1.165) is 5.56 Å². The SMILES string of the molecule is O=S(=O)(c1ccc2nnn(OCc3ncc(-c4ccc(Cl)cc4)o3)c2c1)N1CCOCC1. The lowest BCUT2D eigenvalue weighted by Gasteiger charge is -2.26. The van der Waals surface area contributed by atoms with Gasteiger partial charge in [-0.05, 0) is 47.7 Å². The third-order valence-electron chi connectivity index (χ3n) is 4.99. The van der Waals surface area contributed by atoms with Gasteiger partial charge in [0.2, 0.25) is 15.9 Å². The van der Waals surface area contributed by atoms with Crippen molar-refractivity contribution in [3.8, 4) is 11.3 Å². The van der Waals surface area contributed by atoms with Crippen LogP contribution in [0.15, 0.2) is 58.0 Å². The van der Waals surface area contributed by atoms with Crippen LogP contribution >= 0.6 is 11.6 Å². The van der Waals surface area contributed by atoms with E-state index < -0.39 is 10.0 Å². The van der Waals surface area contributed by atoms with Gasteiger partial charge in [0.05, 0.1) is 24.3 Å². The van der Waals surface area contributed by atoms with Crippen LogP contribution in [0.3, 0.4) is 0 Å². The van der Waals surface area contributed by atoms with Gasteiger partial charge in [-0.1, -0.05) is 16.4 Å². The number of sulfonamides is 1. The molecular weight excluding hydrogens is 458 g/mol. The maximum atomic E-state index is 12.9. The van der Waals surface area contributed by atoms with Crippen LogP contribution in [-0.4, -0.2) is 59.2 Å². The Kier molecular flexibility index (Phi) is 5.55. The average molecular weight is 476 g/mol. The van der Waals surface area contributed by atoms with E-state index >= 15 is 0 Å². The first-order valence-electron chi connectivity index (χ1n) is 9.78. The summed E-state index contributed by atoms with van der Waals surface area (Å²) in [6, 6.07) is 11.8. The molecule has 0 radical (unpaired) electrons. The third kappa shape index (κ3) is 4.07. The second-order valence-electron chi connectivity index (χ2n) is 7.03. The molecule has 32 heavy (non-hydrogen) atoms. The van der Waals surface area contributed by atoms with Crippen molar-refractivity contribution >= 4 is 32.7 Å². The van der Waals surface area contributed by atoms with E-state index in [0.29, 0.717) is 54.0 Å². The van der Waals surface area contributed by atoms with Crippen molar-refractivity contribution in [1.82, 2.24) is 24.4 Å². The largest absolute Gasteiger partial charge is 0.437 e. The smallest absolute Gasteiger partial charge is 0.243 e. The maximum absolute atomic E-state index is 12.9. The monoisotopic (exact) mass is 475 g/mol. The fourth-order valence-electron chi connectivity index (χ4n) is 3.31. The lowest BCUT2D eigenvalue weighted by molar-refractivity contribution is 0.0618. The van der Waals surface area contributed by atoms with Crippen molar-refractivity contribution in [2.24, 2.45) is 0 Å². The molecule has 5 rings (SSSR count). The van der Waals surface area contributed by atoms with Gasteiger partial charge >= 0.3 is 0 Å². The van der Waals surface area contributed by atoms with E-state index in [-0.39, 0.29) is 11.5 Å². The molecule has 2 aromatic carbocycles. The number of halogens is 1. The molecule has 10 nitrogen and oxygen atoms in total. The van der Waals surface area contributed by atoms with Crippen molar-refractivity contribution in [3.63, 3.8) is 0 Å². The highest BCUT2D eigenvalue weighted by Crippen LogP contribution is 2.23. The van der Waals surface area contributed by atoms with Crippen LogP contribution in [0.2, 0.25) is 5.02 Å². The van der Waals surface area contributed by atoms with Crippen molar-refractivity contribution in [3.05, 3.63) is 59.6 Å². The Morgan fingerprint density at radius 2 is 1.88 bits per heavy atom. The minimum Gasteiger partial charge on any atom is -0.437 e. The van der Waals surface area contributed by atoms with Crippen LogP contribution in [0.1, 0.15) is 5.89 Å². The maximum Gasteiger partial charge on any atom is 0.243 e. The number of ether oxygens (including phenoxy) is 1. The molecule has 2 aromatic heterocycles. The molecule has 0 bridgehead atoms. The van der Waals surface area contributed by atoms with Crippen LogP contribution in [0, 0.1) is 0 Å². The first-order valence-corrected chi connectivity index (χ1v) is 11.6. The van der Waals surface area contributed by atoms with Gasteiger partial charge in [0.15, 0.2) is 12.4 Å². The van der Waals surface area contributed by atoms with Gasteiger partial charge < -0.3 is 14.0 Å². The van der Waals surface area contributed by atoms with Crippen LogP contribution in [0.5, 0.6) is 0 Å². The van der Waals surface area contributed by atoms with Gasteiger partial charge in [-0.15, -0.1) is 5.10 Å². The Balaban J connectivity index is 1.35. The zero-order chi connectivity index (χ0) is 22.1. The van der Waals surface area contributed by atoms with Gasteiger partial charge in [-0.2, -0.15) is 4.31 Å². The summed E-state index contributed by atoms with van der Waals surface area (Å²) in [5, 5.41) is 8.61. The predicted molar refractivity (Wildman–Crippen MR) is 114 cm³/mol. The Bertz CT molecular complexity index is 1350. The zero-order valence-corrected chi connectivity index (χ0v) is 18.3. The average Bonchev–Trinajstić information content (AvgIpc) is 3.45. The Labute approximate surface area is 188 Å². The van der Waals surface area contributed by atoms with Crippen molar-refractivity contribution in [1.29, 1.82) is 0 Å². The van der Waals surface area contributed by atoms with Gasteiger partial charge in [0, 0.05) is 23.7 Å².